The van der Waals surface area contributed by atoms with Crippen LogP contribution in [-0.2, 0) is 21.4 Å². The average molecular weight is 422 g/mol. The van der Waals surface area contributed by atoms with E-state index in [1.807, 2.05) is 30.3 Å². The van der Waals surface area contributed by atoms with Gasteiger partial charge in [-0.15, -0.1) is 0 Å². The molecule has 0 fully saturated rings. The molecule has 0 unspecified atom stereocenters. The van der Waals surface area contributed by atoms with Gasteiger partial charge in [0, 0.05) is 34.0 Å². The highest BCUT2D eigenvalue weighted by Crippen LogP contribution is 2.31. The molecule has 7 heteroatoms. The van der Waals surface area contributed by atoms with Gasteiger partial charge in [-0.25, -0.2) is 8.42 Å². The zero-order chi connectivity index (χ0) is 21.3. The van der Waals surface area contributed by atoms with Crippen molar-refractivity contribution in [3.05, 3.63) is 72.8 Å². The Morgan fingerprint density at radius 3 is 2.30 bits per heavy atom. The smallest absolute Gasteiger partial charge is 0.245 e. The number of para-hydroxylation sites is 2. The van der Waals surface area contributed by atoms with Crippen LogP contribution in [0, 0.1) is 0 Å². The van der Waals surface area contributed by atoms with Gasteiger partial charge in [-0.1, -0.05) is 36.4 Å². The van der Waals surface area contributed by atoms with E-state index in [1.54, 1.807) is 30.3 Å². The van der Waals surface area contributed by atoms with E-state index in [-0.39, 0.29) is 6.54 Å². The molecular formula is C23H23N3O3S. The van der Waals surface area contributed by atoms with E-state index >= 15 is 0 Å². The molecule has 1 aromatic heterocycles. The molecule has 0 atom stereocenters. The van der Waals surface area contributed by atoms with E-state index < -0.39 is 15.9 Å². The minimum atomic E-state index is -3.60. The van der Waals surface area contributed by atoms with E-state index in [9.17, 15) is 13.2 Å². The molecule has 1 amide bonds. The van der Waals surface area contributed by atoms with Gasteiger partial charge < -0.3 is 9.88 Å². The van der Waals surface area contributed by atoms with Gasteiger partial charge in [0.2, 0.25) is 15.9 Å². The fraction of sp³-hybridized carbons (Fsp3) is 0.174. The number of hydrogen-bond donors (Lipinski definition) is 1. The topological polar surface area (TPSA) is 71.4 Å². The molecule has 0 aliphatic carbocycles. The summed E-state index contributed by atoms with van der Waals surface area (Å²) in [5.74, 6) is -0.400. The Hall–Kier alpha value is -3.32. The van der Waals surface area contributed by atoms with Crippen molar-refractivity contribution in [3.8, 4) is 0 Å². The fourth-order valence-electron chi connectivity index (χ4n) is 3.80. The van der Waals surface area contributed by atoms with Crippen LogP contribution in [0.1, 0.15) is 6.92 Å². The van der Waals surface area contributed by atoms with Crippen LogP contribution in [0.15, 0.2) is 72.8 Å². The molecule has 30 heavy (non-hydrogen) atoms. The number of fused-ring (bicyclic) bond motifs is 3. The Morgan fingerprint density at radius 2 is 1.60 bits per heavy atom. The number of amides is 1. The molecule has 154 valence electrons. The van der Waals surface area contributed by atoms with Crippen molar-refractivity contribution < 1.29 is 13.2 Å². The number of nitrogens with one attached hydrogen (secondary N) is 1. The standard InChI is InChI=1S/C23H23N3O3S/c1-3-25-21-12-8-7-11-19(21)20-15-17(13-14-22(20)25)24-23(27)16-26(30(2,28)29)18-9-5-4-6-10-18/h4-15H,3,16H2,1-2H3,(H,24,27). The second-order valence-corrected chi connectivity index (χ2v) is 9.05. The molecule has 0 saturated carbocycles. The molecule has 3 aromatic carbocycles. The maximum absolute atomic E-state index is 12.7. The second-order valence-electron chi connectivity index (χ2n) is 7.15. The zero-order valence-electron chi connectivity index (χ0n) is 16.9. The van der Waals surface area contributed by atoms with Gasteiger partial charge in [0.15, 0.2) is 0 Å². The maximum atomic E-state index is 12.7. The van der Waals surface area contributed by atoms with Crippen molar-refractivity contribution in [2.75, 3.05) is 22.4 Å². The van der Waals surface area contributed by atoms with Crippen LogP contribution in [0.2, 0.25) is 0 Å². The highest BCUT2D eigenvalue weighted by molar-refractivity contribution is 7.92. The first-order valence-corrected chi connectivity index (χ1v) is 11.6. The Labute approximate surface area is 175 Å². The van der Waals surface area contributed by atoms with E-state index in [2.05, 4.69) is 28.9 Å². The summed E-state index contributed by atoms with van der Waals surface area (Å²) in [5, 5.41) is 5.01. The minimum absolute atomic E-state index is 0.294. The van der Waals surface area contributed by atoms with Gasteiger partial charge in [-0.2, -0.15) is 0 Å². The molecule has 0 radical (unpaired) electrons. The highest BCUT2D eigenvalue weighted by atomic mass is 32.2. The van der Waals surface area contributed by atoms with Gasteiger partial charge in [0.25, 0.3) is 0 Å². The second kappa shape index (κ2) is 7.84. The number of nitrogens with zero attached hydrogens (tertiary/aromatic N) is 2. The fourth-order valence-corrected chi connectivity index (χ4v) is 4.65. The Bertz CT molecular complexity index is 1330. The third kappa shape index (κ3) is 3.76. The number of aromatic nitrogens is 1. The summed E-state index contributed by atoms with van der Waals surface area (Å²) >= 11 is 0. The number of carbonyl (C=O) groups excluding carboxylic acids is 1. The maximum Gasteiger partial charge on any atom is 0.245 e. The van der Waals surface area contributed by atoms with Crippen LogP contribution < -0.4 is 9.62 Å². The molecule has 1 heterocycles. The molecule has 0 aliphatic rings. The number of sulfonamides is 1. The van der Waals surface area contributed by atoms with Gasteiger partial charge in [0.05, 0.1) is 11.9 Å². The Kier molecular flexibility index (Phi) is 5.22. The summed E-state index contributed by atoms with van der Waals surface area (Å²) in [7, 11) is -3.60. The molecule has 4 aromatic rings. The molecule has 1 N–H and O–H groups in total. The molecule has 0 aliphatic heterocycles. The Morgan fingerprint density at radius 1 is 0.933 bits per heavy atom. The molecule has 6 nitrogen and oxygen atoms in total. The third-order valence-corrected chi connectivity index (χ3v) is 6.24. The average Bonchev–Trinajstić information content (AvgIpc) is 3.05. The zero-order valence-corrected chi connectivity index (χ0v) is 17.7. The number of aryl methyl sites for hydroxylation is 1. The van der Waals surface area contributed by atoms with E-state index in [0.717, 1.165) is 38.9 Å². The number of rotatable bonds is 6. The summed E-state index contributed by atoms with van der Waals surface area (Å²) in [4.78, 5) is 12.7. The van der Waals surface area contributed by atoms with E-state index in [0.29, 0.717) is 11.4 Å². The monoisotopic (exact) mass is 421 g/mol. The molecular weight excluding hydrogens is 398 g/mol. The van der Waals surface area contributed by atoms with Crippen molar-refractivity contribution in [2.24, 2.45) is 0 Å². The molecule has 0 spiro atoms. The van der Waals surface area contributed by atoms with Crippen LogP contribution in [0.5, 0.6) is 0 Å². The predicted octanol–water partition coefficient (Wildman–Crippen LogP) is 4.22. The normalized spacial score (nSPS) is 11.7. The van der Waals surface area contributed by atoms with Crippen molar-refractivity contribution in [2.45, 2.75) is 13.5 Å². The summed E-state index contributed by atoms with van der Waals surface area (Å²) in [6.45, 7) is 2.65. The van der Waals surface area contributed by atoms with Gasteiger partial charge >= 0.3 is 0 Å². The molecule has 0 saturated heterocycles. The summed E-state index contributed by atoms with van der Waals surface area (Å²) < 4.78 is 27.8. The number of anilines is 2. The first kappa shape index (κ1) is 20.0. The number of hydrogen-bond acceptors (Lipinski definition) is 3. The lowest BCUT2D eigenvalue weighted by molar-refractivity contribution is -0.114. The van der Waals surface area contributed by atoms with Crippen LogP contribution in [-0.4, -0.2) is 31.7 Å². The number of benzene rings is 3. The van der Waals surface area contributed by atoms with Crippen LogP contribution in [0.3, 0.4) is 0 Å². The van der Waals surface area contributed by atoms with Gasteiger partial charge in [-0.05, 0) is 43.3 Å². The Balaban J connectivity index is 1.64. The molecule has 4 rings (SSSR count). The van der Waals surface area contributed by atoms with Crippen molar-refractivity contribution in [1.82, 2.24) is 4.57 Å². The third-order valence-electron chi connectivity index (χ3n) is 5.10. The molecule has 0 bridgehead atoms. The summed E-state index contributed by atoms with van der Waals surface area (Å²) in [6.07, 6.45) is 1.10. The minimum Gasteiger partial charge on any atom is -0.341 e. The lowest BCUT2D eigenvalue weighted by Crippen LogP contribution is -2.37. The first-order chi connectivity index (χ1) is 14.4. The number of carbonyl (C=O) groups is 1. The lowest BCUT2D eigenvalue weighted by Gasteiger charge is -2.21. The van der Waals surface area contributed by atoms with E-state index in [1.165, 1.54) is 0 Å². The summed E-state index contributed by atoms with van der Waals surface area (Å²) in [6, 6.07) is 22.5. The largest absolute Gasteiger partial charge is 0.341 e. The van der Waals surface area contributed by atoms with Crippen molar-refractivity contribution in [1.29, 1.82) is 0 Å². The lowest BCUT2D eigenvalue weighted by atomic mass is 10.1. The van der Waals surface area contributed by atoms with Crippen LogP contribution in [0.4, 0.5) is 11.4 Å². The van der Waals surface area contributed by atoms with Crippen LogP contribution in [0.25, 0.3) is 21.8 Å². The van der Waals surface area contributed by atoms with Gasteiger partial charge in [0.1, 0.15) is 6.54 Å². The van der Waals surface area contributed by atoms with Gasteiger partial charge in [-0.3, -0.25) is 9.10 Å². The SMILES string of the molecule is CCn1c2ccccc2c2cc(NC(=O)CN(c3ccccc3)S(C)(=O)=O)ccc21. The van der Waals surface area contributed by atoms with Crippen molar-refractivity contribution >= 4 is 49.1 Å². The van der Waals surface area contributed by atoms with Crippen LogP contribution >= 0.6 is 0 Å². The highest BCUT2D eigenvalue weighted by Gasteiger charge is 2.21. The predicted molar refractivity (Wildman–Crippen MR) is 122 cm³/mol. The summed E-state index contributed by atoms with van der Waals surface area (Å²) in [5.41, 5.74) is 3.33. The van der Waals surface area contributed by atoms with E-state index in [4.69, 9.17) is 0 Å². The first-order valence-electron chi connectivity index (χ1n) is 9.72. The van der Waals surface area contributed by atoms with Crippen molar-refractivity contribution in [3.63, 3.8) is 0 Å². The quantitative estimate of drug-likeness (QED) is 0.507.